The van der Waals surface area contributed by atoms with E-state index >= 15 is 0 Å². The number of aliphatic hydroxyl groups is 1. The molecule has 8 heavy (non-hydrogen) atoms. The second-order valence-electron chi connectivity index (χ2n) is 1.99. The highest BCUT2D eigenvalue weighted by atomic mass is 16.3. The van der Waals surface area contributed by atoms with E-state index in [0.717, 1.165) is 19.5 Å². The van der Waals surface area contributed by atoms with Gasteiger partial charge >= 0.3 is 0 Å². The van der Waals surface area contributed by atoms with Gasteiger partial charge in [0.1, 0.15) is 0 Å². The van der Waals surface area contributed by atoms with Gasteiger partial charge in [0.15, 0.2) is 0 Å². The van der Waals surface area contributed by atoms with Crippen LogP contribution < -0.4 is 5.32 Å². The van der Waals surface area contributed by atoms with Crippen LogP contribution in [0.5, 0.6) is 0 Å². The summed E-state index contributed by atoms with van der Waals surface area (Å²) in [4.78, 5) is 0. The van der Waals surface area contributed by atoms with Crippen LogP contribution in [0, 0.1) is 0 Å². The van der Waals surface area contributed by atoms with Gasteiger partial charge in [0.2, 0.25) is 0 Å². The second-order valence-corrected chi connectivity index (χ2v) is 1.99. The maximum Gasteiger partial charge on any atom is 0.0524 e. The van der Waals surface area contributed by atoms with E-state index in [1.54, 1.807) is 6.92 Å². The fourth-order valence-corrected chi connectivity index (χ4v) is 0.488. The van der Waals surface area contributed by atoms with Gasteiger partial charge < -0.3 is 10.4 Å². The van der Waals surface area contributed by atoms with Crippen molar-refractivity contribution >= 4 is 0 Å². The lowest BCUT2D eigenvalue weighted by Crippen LogP contribution is -2.18. The minimum absolute atomic E-state index is 0.158. The third-order valence-electron chi connectivity index (χ3n) is 0.989. The topological polar surface area (TPSA) is 32.3 Å². The molecule has 2 nitrogen and oxygen atoms in total. The minimum atomic E-state index is -0.158. The van der Waals surface area contributed by atoms with Crippen molar-refractivity contribution in [3.05, 3.63) is 0 Å². The van der Waals surface area contributed by atoms with Crippen LogP contribution in [0.2, 0.25) is 0 Å². The predicted octanol–water partition coefficient (Wildman–Crippen LogP) is 0.367. The van der Waals surface area contributed by atoms with Gasteiger partial charge in [0.25, 0.3) is 0 Å². The Labute approximate surface area is 50.9 Å². The molecular formula is C6H15NO. The van der Waals surface area contributed by atoms with E-state index in [0.29, 0.717) is 0 Å². The molecule has 1 atom stereocenters. The highest BCUT2D eigenvalue weighted by Crippen LogP contribution is 1.84. The second kappa shape index (κ2) is 5.06. The molecule has 0 amide bonds. The Morgan fingerprint density at radius 3 is 2.62 bits per heavy atom. The van der Waals surface area contributed by atoms with E-state index in [9.17, 15) is 0 Å². The lowest BCUT2D eigenvalue weighted by atomic mass is 10.3. The molecule has 0 aromatic rings. The van der Waals surface area contributed by atoms with Crippen molar-refractivity contribution in [1.29, 1.82) is 0 Å². The van der Waals surface area contributed by atoms with E-state index in [1.165, 1.54) is 0 Å². The Morgan fingerprint density at radius 1 is 1.62 bits per heavy atom. The van der Waals surface area contributed by atoms with E-state index in [1.807, 2.05) is 0 Å². The summed E-state index contributed by atoms with van der Waals surface area (Å²) in [5, 5.41) is 11.9. The van der Waals surface area contributed by atoms with Crippen molar-refractivity contribution in [3.63, 3.8) is 0 Å². The molecule has 0 aliphatic heterocycles. The van der Waals surface area contributed by atoms with Gasteiger partial charge in [-0.15, -0.1) is 0 Å². The van der Waals surface area contributed by atoms with Crippen LogP contribution in [-0.4, -0.2) is 24.3 Å². The lowest BCUT2D eigenvalue weighted by Gasteiger charge is -2.02. The smallest absolute Gasteiger partial charge is 0.0524 e. The Morgan fingerprint density at radius 2 is 2.25 bits per heavy atom. The van der Waals surface area contributed by atoms with Gasteiger partial charge in [0, 0.05) is 0 Å². The van der Waals surface area contributed by atoms with Gasteiger partial charge in [0.05, 0.1) is 6.10 Å². The maximum absolute atomic E-state index is 8.74. The molecule has 0 aromatic carbocycles. The first-order valence-electron chi connectivity index (χ1n) is 3.16. The average Bonchev–Trinajstić information content (AvgIpc) is 1.66. The number of hydrogen-bond acceptors (Lipinski definition) is 2. The molecule has 50 valence electrons. The monoisotopic (exact) mass is 117 g/mol. The molecule has 0 aliphatic rings. The molecule has 0 fully saturated rings. The average molecular weight is 117 g/mol. The first-order valence-corrected chi connectivity index (χ1v) is 3.16. The lowest BCUT2D eigenvalue weighted by molar-refractivity contribution is 0.184. The SMILES string of the molecule is CCNCC[C@H](C)O. The van der Waals surface area contributed by atoms with E-state index in [-0.39, 0.29) is 6.10 Å². The summed E-state index contributed by atoms with van der Waals surface area (Å²) in [5.41, 5.74) is 0. The normalized spacial score (nSPS) is 13.9. The fourth-order valence-electron chi connectivity index (χ4n) is 0.488. The summed E-state index contributed by atoms with van der Waals surface area (Å²) >= 11 is 0. The van der Waals surface area contributed by atoms with Crippen LogP contribution in [-0.2, 0) is 0 Å². The van der Waals surface area contributed by atoms with Gasteiger partial charge in [-0.3, -0.25) is 0 Å². The highest BCUT2D eigenvalue weighted by molar-refractivity contribution is 4.48. The number of rotatable bonds is 4. The van der Waals surface area contributed by atoms with Crippen molar-refractivity contribution in [3.8, 4) is 0 Å². The van der Waals surface area contributed by atoms with E-state index < -0.39 is 0 Å². The van der Waals surface area contributed by atoms with Crippen molar-refractivity contribution in [1.82, 2.24) is 5.32 Å². The van der Waals surface area contributed by atoms with Crippen molar-refractivity contribution in [2.75, 3.05) is 13.1 Å². The van der Waals surface area contributed by atoms with Crippen LogP contribution in [0.1, 0.15) is 20.3 Å². The van der Waals surface area contributed by atoms with Gasteiger partial charge in [-0.2, -0.15) is 0 Å². The summed E-state index contributed by atoms with van der Waals surface area (Å²) in [6.45, 7) is 5.78. The van der Waals surface area contributed by atoms with Crippen LogP contribution in [0.15, 0.2) is 0 Å². The summed E-state index contributed by atoms with van der Waals surface area (Å²) < 4.78 is 0. The first kappa shape index (κ1) is 7.92. The summed E-state index contributed by atoms with van der Waals surface area (Å²) in [6.07, 6.45) is 0.697. The third kappa shape index (κ3) is 5.92. The standard InChI is InChI=1S/C6H15NO/c1-3-7-5-4-6(2)8/h6-8H,3-5H2,1-2H3/t6-/m0/s1. The molecule has 0 unspecified atom stereocenters. The summed E-state index contributed by atoms with van der Waals surface area (Å²) in [5.74, 6) is 0. The summed E-state index contributed by atoms with van der Waals surface area (Å²) in [6, 6.07) is 0. The zero-order valence-electron chi connectivity index (χ0n) is 5.65. The Kier molecular flexibility index (Phi) is 5.01. The van der Waals surface area contributed by atoms with Crippen LogP contribution >= 0.6 is 0 Å². The zero-order chi connectivity index (χ0) is 6.41. The molecule has 0 saturated carbocycles. The molecule has 0 rings (SSSR count). The predicted molar refractivity (Wildman–Crippen MR) is 34.8 cm³/mol. The van der Waals surface area contributed by atoms with Crippen molar-refractivity contribution in [2.24, 2.45) is 0 Å². The summed E-state index contributed by atoms with van der Waals surface area (Å²) in [7, 11) is 0. The Balaban J connectivity index is 2.72. The third-order valence-corrected chi connectivity index (χ3v) is 0.989. The van der Waals surface area contributed by atoms with Crippen LogP contribution in [0.3, 0.4) is 0 Å². The van der Waals surface area contributed by atoms with Gasteiger partial charge in [-0.25, -0.2) is 0 Å². The Hall–Kier alpha value is -0.0800. The quantitative estimate of drug-likeness (QED) is 0.521. The van der Waals surface area contributed by atoms with E-state index in [2.05, 4.69) is 12.2 Å². The largest absolute Gasteiger partial charge is 0.393 e. The molecule has 2 heteroatoms. The molecule has 0 saturated heterocycles. The Bertz CT molecular complexity index is 45.8. The zero-order valence-corrected chi connectivity index (χ0v) is 5.65. The van der Waals surface area contributed by atoms with E-state index in [4.69, 9.17) is 5.11 Å². The molecular weight excluding hydrogens is 102 g/mol. The minimum Gasteiger partial charge on any atom is -0.393 e. The molecule has 0 aliphatic carbocycles. The maximum atomic E-state index is 8.74. The molecule has 0 heterocycles. The van der Waals surface area contributed by atoms with Crippen molar-refractivity contribution in [2.45, 2.75) is 26.4 Å². The molecule has 0 aromatic heterocycles. The number of aliphatic hydroxyl groups excluding tert-OH is 1. The van der Waals surface area contributed by atoms with Crippen molar-refractivity contribution < 1.29 is 5.11 Å². The van der Waals surface area contributed by atoms with Gasteiger partial charge in [-0.05, 0) is 26.4 Å². The highest BCUT2D eigenvalue weighted by Gasteiger charge is 1.91. The van der Waals surface area contributed by atoms with Crippen LogP contribution in [0.25, 0.3) is 0 Å². The molecule has 2 N–H and O–H groups in total. The molecule has 0 spiro atoms. The molecule has 0 bridgehead atoms. The first-order chi connectivity index (χ1) is 3.77. The van der Waals surface area contributed by atoms with Gasteiger partial charge in [-0.1, -0.05) is 6.92 Å². The number of hydrogen-bond donors (Lipinski definition) is 2. The fraction of sp³-hybridized carbons (Fsp3) is 1.00. The van der Waals surface area contributed by atoms with Crippen LogP contribution in [0.4, 0.5) is 0 Å². The molecule has 0 radical (unpaired) electrons. The number of nitrogens with one attached hydrogen (secondary N) is 1.